The van der Waals surface area contributed by atoms with E-state index in [0.29, 0.717) is 5.02 Å². The molecule has 0 spiro atoms. The Hall–Kier alpha value is -1.56. The van der Waals surface area contributed by atoms with Gasteiger partial charge in [-0.2, -0.15) is 18.3 Å². The summed E-state index contributed by atoms with van der Waals surface area (Å²) in [5.74, 6) is -1.99. The predicted molar refractivity (Wildman–Crippen MR) is 62.7 cm³/mol. The Balaban J connectivity index is 3.23. The first-order valence-corrected chi connectivity index (χ1v) is 5.23. The van der Waals surface area contributed by atoms with E-state index >= 15 is 0 Å². The summed E-state index contributed by atoms with van der Waals surface area (Å²) in [4.78, 5) is 11.3. The number of nitrogens with zero attached hydrogens (tertiary/aromatic N) is 2. The van der Waals surface area contributed by atoms with Crippen LogP contribution in [-0.2, 0) is 4.79 Å². The van der Waals surface area contributed by atoms with Crippen molar-refractivity contribution in [1.29, 1.82) is 0 Å². The molecule has 0 aliphatic carbocycles. The van der Waals surface area contributed by atoms with Gasteiger partial charge in [-0.3, -0.25) is 4.79 Å². The van der Waals surface area contributed by atoms with Gasteiger partial charge in [0.1, 0.15) is 5.71 Å². The number of carbonyl (C=O) groups is 1. The summed E-state index contributed by atoms with van der Waals surface area (Å²) in [7, 11) is 2.86. The maximum Gasteiger partial charge on any atom is 0.456 e. The van der Waals surface area contributed by atoms with Crippen LogP contribution in [0.3, 0.4) is 0 Å². The van der Waals surface area contributed by atoms with Crippen LogP contribution in [0.1, 0.15) is 5.56 Å². The minimum atomic E-state index is -4.96. The Morgan fingerprint density at radius 3 is 2.11 bits per heavy atom. The summed E-state index contributed by atoms with van der Waals surface area (Å²) < 4.78 is 37.3. The van der Waals surface area contributed by atoms with E-state index < -0.39 is 17.7 Å². The fourth-order valence-corrected chi connectivity index (χ4v) is 1.30. The smallest absolute Gasteiger partial charge is 0.302 e. The van der Waals surface area contributed by atoms with Gasteiger partial charge in [-0.25, -0.2) is 0 Å². The number of hydrogen-bond acceptors (Lipinski definition) is 3. The number of hydrazone groups is 1. The molecule has 0 atom stereocenters. The molecule has 0 aliphatic heterocycles. The molecule has 1 aromatic rings. The minimum absolute atomic E-state index is 0.0652. The Morgan fingerprint density at radius 1 is 1.22 bits per heavy atom. The summed E-state index contributed by atoms with van der Waals surface area (Å²) >= 11 is 5.63. The molecular formula is C11H10ClF3N2O. The van der Waals surface area contributed by atoms with Crippen LogP contribution in [0.5, 0.6) is 0 Å². The third kappa shape index (κ3) is 3.73. The van der Waals surface area contributed by atoms with Crippen molar-refractivity contribution < 1.29 is 18.0 Å². The average Bonchev–Trinajstić information content (AvgIpc) is 2.25. The van der Waals surface area contributed by atoms with E-state index in [1.807, 2.05) is 0 Å². The third-order valence-corrected chi connectivity index (χ3v) is 2.14. The molecule has 7 heteroatoms. The van der Waals surface area contributed by atoms with Crippen LogP contribution in [0.15, 0.2) is 29.4 Å². The maximum absolute atomic E-state index is 12.4. The molecule has 0 aromatic heterocycles. The maximum atomic E-state index is 12.4. The summed E-state index contributed by atoms with van der Waals surface area (Å²) in [6.07, 6.45) is -4.96. The van der Waals surface area contributed by atoms with Crippen molar-refractivity contribution in [2.24, 2.45) is 5.10 Å². The highest BCUT2D eigenvalue weighted by atomic mass is 35.5. The van der Waals surface area contributed by atoms with E-state index in [4.69, 9.17) is 11.6 Å². The summed E-state index contributed by atoms with van der Waals surface area (Å²) in [6, 6.07) is 5.42. The second-order valence-electron chi connectivity index (χ2n) is 3.63. The topological polar surface area (TPSA) is 32.7 Å². The van der Waals surface area contributed by atoms with Crippen LogP contribution in [0, 0.1) is 0 Å². The molecule has 0 N–H and O–H groups in total. The van der Waals surface area contributed by atoms with Crippen LogP contribution < -0.4 is 0 Å². The van der Waals surface area contributed by atoms with Gasteiger partial charge in [0.2, 0.25) is 0 Å². The molecule has 0 fully saturated rings. The lowest BCUT2D eigenvalue weighted by molar-refractivity contribution is -0.163. The Labute approximate surface area is 107 Å². The van der Waals surface area contributed by atoms with Crippen LogP contribution in [0.4, 0.5) is 13.2 Å². The summed E-state index contributed by atoms with van der Waals surface area (Å²) in [5.41, 5.74) is -0.598. The molecule has 0 amide bonds. The quantitative estimate of drug-likeness (QED) is 0.629. The van der Waals surface area contributed by atoms with E-state index in [-0.39, 0.29) is 5.56 Å². The number of rotatable bonds is 3. The van der Waals surface area contributed by atoms with E-state index in [2.05, 4.69) is 5.10 Å². The molecule has 0 saturated carbocycles. The highest BCUT2D eigenvalue weighted by Gasteiger charge is 2.42. The zero-order valence-electron chi connectivity index (χ0n) is 9.62. The number of Topliss-reactive ketones (excluding diaryl/α,β-unsaturated/α-hetero) is 1. The van der Waals surface area contributed by atoms with Gasteiger partial charge in [0, 0.05) is 24.7 Å². The standard InChI is InChI=1S/C11H10ClF3N2O/c1-17(2)16-9(10(18)11(13,14)15)7-3-5-8(12)6-4-7/h3-6H,1-2H3/b16-9+. The van der Waals surface area contributed by atoms with Gasteiger partial charge >= 0.3 is 6.18 Å². The lowest BCUT2D eigenvalue weighted by Crippen LogP contribution is -2.32. The van der Waals surface area contributed by atoms with E-state index in [9.17, 15) is 18.0 Å². The number of hydrogen-bond donors (Lipinski definition) is 0. The molecule has 18 heavy (non-hydrogen) atoms. The highest BCUT2D eigenvalue weighted by Crippen LogP contribution is 2.20. The number of alkyl halides is 3. The van der Waals surface area contributed by atoms with Gasteiger partial charge in [0.15, 0.2) is 0 Å². The van der Waals surface area contributed by atoms with Crippen molar-refractivity contribution in [2.75, 3.05) is 14.1 Å². The van der Waals surface area contributed by atoms with Crippen LogP contribution in [0.2, 0.25) is 5.02 Å². The number of benzene rings is 1. The first-order chi connectivity index (χ1) is 8.21. The number of halogens is 4. The van der Waals surface area contributed by atoms with E-state index in [1.165, 1.54) is 38.4 Å². The lowest BCUT2D eigenvalue weighted by atomic mass is 10.1. The van der Waals surface area contributed by atoms with Gasteiger partial charge < -0.3 is 5.01 Å². The van der Waals surface area contributed by atoms with Crippen molar-refractivity contribution in [3.8, 4) is 0 Å². The third-order valence-electron chi connectivity index (χ3n) is 1.89. The molecule has 0 heterocycles. The first kappa shape index (κ1) is 14.5. The Kier molecular flexibility index (Phi) is 4.34. The molecule has 0 bridgehead atoms. The van der Waals surface area contributed by atoms with Gasteiger partial charge in [0.05, 0.1) is 0 Å². The molecule has 3 nitrogen and oxygen atoms in total. The molecule has 1 rings (SSSR count). The SMILES string of the molecule is CN(C)/N=C(/C(=O)C(F)(F)F)c1ccc(Cl)cc1. The summed E-state index contributed by atoms with van der Waals surface area (Å²) in [6.45, 7) is 0. The lowest BCUT2D eigenvalue weighted by Gasteiger charge is -2.12. The zero-order chi connectivity index (χ0) is 13.9. The predicted octanol–water partition coefficient (Wildman–Crippen LogP) is 2.74. The van der Waals surface area contributed by atoms with Crippen LogP contribution in [-0.4, -0.2) is 36.8 Å². The largest absolute Gasteiger partial charge is 0.456 e. The van der Waals surface area contributed by atoms with Crippen LogP contribution in [0.25, 0.3) is 0 Å². The highest BCUT2D eigenvalue weighted by molar-refractivity contribution is 6.48. The zero-order valence-corrected chi connectivity index (χ0v) is 10.4. The van der Waals surface area contributed by atoms with Crippen molar-refractivity contribution in [2.45, 2.75) is 6.18 Å². The Bertz CT molecular complexity index is 466. The first-order valence-electron chi connectivity index (χ1n) is 4.85. The van der Waals surface area contributed by atoms with Crippen LogP contribution >= 0.6 is 11.6 Å². The molecule has 0 aliphatic rings. The molecule has 98 valence electrons. The fraction of sp³-hybridized carbons (Fsp3) is 0.273. The normalized spacial score (nSPS) is 12.4. The molecule has 0 radical (unpaired) electrons. The van der Waals surface area contributed by atoms with E-state index in [1.54, 1.807) is 0 Å². The molecule has 0 unspecified atom stereocenters. The minimum Gasteiger partial charge on any atom is -0.302 e. The molecule has 0 saturated heterocycles. The average molecular weight is 279 g/mol. The van der Waals surface area contributed by atoms with Crippen molar-refractivity contribution in [3.63, 3.8) is 0 Å². The van der Waals surface area contributed by atoms with Gasteiger partial charge in [-0.15, -0.1) is 0 Å². The molecule has 1 aromatic carbocycles. The number of ketones is 1. The number of carbonyl (C=O) groups excluding carboxylic acids is 1. The van der Waals surface area contributed by atoms with Gasteiger partial charge in [-0.1, -0.05) is 23.7 Å². The van der Waals surface area contributed by atoms with Crippen molar-refractivity contribution >= 4 is 23.1 Å². The fourth-order valence-electron chi connectivity index (χ4n) is 1.18. The molecular weight excluding hydrogens is 269 g/mol. The van der Waals surface area contributed by atoms with Gasteiger partial charge in [-0.05, 0) is 12.1 Å². The second kappa shape index (κ2) is 5.39. The van der Waals surface area contributed by atoms with E-state index in [0.717, 1.165) is 5.01 Å². The summed E-state index contributed by atoms with van der Waals surface area (Å²) in [5, 5.41) is 5.08. The Morgan fingerprint density at radius 2 is 1.72 bits per heavy atom. The van der Waals surface area contributed by atoms with Crippen molar-refractivity contribution in [3.05, 3.63) is 34.9 Å². The van der Waals surface area contributed by atoms with Gasteiger partial charge in [0.25, 0.3) is 5.78 Å². The monoisotopic (exact) mass is 278 g/mol. The van der Waals surface area contributed by atoms with Crippen molar-refractivity contribution in [1.82, 2.24) is 5.01 Å². The second-order valence-corrected chi connectivity index (χ2v) is 4.07.